The normalized spacial score (nSPS) is 16.6. The first-order valence-electron chi connectivity index (χ1n) is 7.95. The Morgan fingerprint density at radius 2 is 2.09 bits per heavy atom. The van der Waals surface area contributed by atoms with Crippen LogP contribution in [0.1, 0.15) is 50.0 Å². The monoisotopic (exact) mass is 317 g/mol. The van der Waals surface area contributed by atoms with Crippen molar-refractivity contribution in [2.75, 3.05) is 20.3 Å². The summed E-state index contributed by atoms with van der Waals surface area (Å²) < 4.78 is 16.6. The molecular weight excluding hydrogens is 294 g/mol. The number of hydrogen-bond acceptors (Lipinski definition) is 6. The Kier molecular flexibility index (Phi) is 4.52. The van der Waals surface area contributed by atoms with Crippen LogP contribution in [0.5, 0.6) is 11.5 Å². The highest BCUT2D eigenvalue weighted by Crippen LogP contribution is 2.31. The van der Waals surface area contributed by atoms with E-state index in [1.54, 1.807) is 7.11 Å². The number of aromatic nitrogens is 2. The van der Waals surface area contributed by atoms with Gasteiger partial charge in [0.15, 0.2) is 5.82 Å². The van der Waals surface area contributed by atoms with Crippen LogP contribution in [0.2, 0.25) is 0 Å². The van der Waals surface area contributed by atoms with Crippen molar-refractivity contribution in [2.45, 2.75) is 39.3 Å². The van der Waals surface area contributed by atoms with Gasteiger partial charge in [0.05, 0.1) is 13.2 Å². The number of fused-ring (bicyclic) bond motifs is 1. The van der Waals surface area contributed by atoms with E-state index in [1.165, 1.54) is 0 Å². The second-order valence-corrected chi connectivity index (χ2v) is 6.11. The Morgan fingerprint density at radius 3 is 2.78 bits per heavy atom. The molecule has 0 spiro atoms. The van der Waals surface area contributed by atoms with Gasteiger partial charge >= 0.3 is 0 Å². The fourth-order valence-corrected chi connectivity index (χ4v) is 2.64. The molecule has 2 heterocycles. The first-order valence-corrected chi connectivity index (χ1v) is 7.95. The van der Waals surface area contributed by atoms with Gasteiger partial charge in [0.1, 0.15) is 18.1 Å². The van der Waals surface area contributed by atoms with Crippen LogP contribution >= 0.6 is 0 Å². The van der Waals surface area contributed by atoms with Crippen molar-refractivity contribution in [3.8, 4) is 11.5 Å². The van der Waals surface area contributed by atoms with E-state index in [0.717, 1.165) is 36.0 Å². The van der Waals surface area contributed by atoms with Crippen LogP contribution in [0.25, 0.3) is 0 Å². The van der Waals surface area contributed by atoms with Crippen LogP contribution in [0.3, 0.4) is 0 Å². The number of benzene rings is 1. The lowest BCUT2D eigenvalue weighted by Crippen LogP contribution is -2.29. The second kappa shape index (κ2) is 6.58. The van der Waals surface area contributed by atoms with E-state index < -0.39 is 0 Å². The maximum atomic E-state index is 5.86. The Morgan fingerprint density at radius 1 is 1.26 bits per heavy atom. The smallest absolute Gasteiger partial charge is 0.243 e. The van der Waals surface area contributed by atoms with Crippen LogP contribution < -0.4 is 9.47 Å². The molecule has 0 saturated carbocycles. The summed E-state index contributed by atoms with van der Waals surface area (Å²) in [5.74, 6) is 3.37. The fourth-order valence-electron chi connectivity index (χ4n) is 2.64. The molecule has 0 radical (unpaired) electrons. The first-order chi connectivity index (χ1) is 11.1. The van der Waals surface area contributed by atoms with Crippen molar-refractivity contribution < 1.29 is 14.0 Å². The molecule has 0 N–H and O–H groups in total. The molecule has 0 bridgehead atoms. The largest absolute Gasteiger partial charge is 0.497 e. The zero-order valence-electron chi connectivity index (χ0n) is 14.1. The Balaban J connectivity index is 1.79. The van der Waals surface area contributed by atoms with E-state index in [9.17, 15) is 0 Å². The third-order valence-corrected chi connectivity index (χ3v) is 4.16. The van der Waals surface area contributed by atoms with E-state index in [-0.39, 0.29) is 12.0 Å². The van der Waals surface area contributed by atoms with Crippen LogP contribution in [-0.4, -0.2) is 35.3 Å². The average molecular weight is 317 g/mol. The van der Waals surface area contributed by atoms with Crippen molar-refractivity contribution in [3.05, 3.63) is 35.5 Å². The first kappa shape index (κ1) is 15.8. The highest BCUT2D eigenvalue weighted by atomic mass is 16.5. The topological polar surface area (TPSA) is 60.6 Å². The highest BCUT2D eigenvalue weighted by molar-refractivity contribution is 5.41. The van der Waals surface area contributed by atoms with Gasteiger partial charge in [-0.2, -0.15) is 4.98 Å². The maximum Gasteiger partial charge on any atom is 0.243 e. The predicted octanol–water partition coefficient (Wildman–Crippen LogP) is 3.16. The zero-order valence-corrected chi connectivity index (χ0v) is 14.1. The summed E-state index contributed by atoms with van der Waals surface area (Å²) in [6.45, 7) is 8.41. The molecule has 1 aliphatic heterocycles. The second-order valence-electron chi connectivity index (χ2n) is 6.11. The van der Waals surface area contributed by atoms with Gasteiger partial charge in [0.2, 0.25) is 5.89 Å². The molecule has 2 aromatic rings. The molecule has 3 rings (SSSR count). The van der Waals surface area contributed by atoms with Crippen LogP contribution in [0.15, 0.2) is 22.7 Å². The third-order valence-electron chi connectivity index (χ3n) is 4.16. The van der Waals surface area contributed by atoms with Crippen molar-refractivity contribution >= 4 is 0 Å². The number of nitrogens with zero attached hydrogens (tertiary/aromatic N) is 3. The van der Waals surface area contributed by atoms with E-state index >= 15 is 0 Å². The molecular formula is C17H23N3O3. The molecule has 6 nitrogen and oxygen atoms in total. The lowest BCUT2D eigenvalue weighted by Gasteiger charge is -2.24. The van der Waals surface area contributed by atoms with Gasteiger partial charge in [0.25, 0.3) is 0 Å². The number of ether oxygens (including phenoxy) is 2. The van der Waals surface area contributed by atoms with E-state index in [0.29, 0.717) is 12.5 Å². The molecule has 0 saturated heterocycles. The molecule has 1 unspecified atom stereocenters. The lowest BCUT2D eigenvalue weighted by molar-refractivity contribution is 0.151. The number of hydrogen-bond donors (Lipinski definition) is 0. The van der Waals surface area contributed by atoms with Gasteiger partial charge in [-0.25, -0.2) is 0 Å². The minimum Gasteiger partial charge on any atom is -0.497 e. The van der Waals surface area contributed by atoms with Crippen molar-refractivity contribution in [1.82, 2.24) is 15.0 Å². The van der Waals surface area contributed by atoms with Crippen LogP contribution in [0, 0.1) is 0 Å². The Bertz CT molecular complexity index is 669. The summed E-state index contributed by atoms with van der Waals surface area (Å²) >= 11 is 0. The third kappa shape index (κ3) is 3.32. The van der Waals surface area contributed by atoms with Gasteiger partial charge < -0.3 is 14.0 Å². The number of rotatable bonds is 4. The highest BCUT2D eigenvalue weighted by Gasteiger charge is 2.25. The molecule has 23 heavy (non-hydrogen) atoms. The standard InChI is InChI=1S/C17H23N3O3/c1-11(2)16-18-17(23-19-16)12(3)20-7-8-22-15-9-14(21-4)6-5-13(15)10-20/h5-6,9,11-12H,7-8,10H2,1-4H3. The van der Waals surface area contributed by atoms with E-state index in [1.807, 2.05) is 18.2 Å². The fraction of sp³-hybridized carbons (Fsp3) is 0.529. The number of methoxy groups -OCH3 is 1. The average Bonchev–Trinajstić information content (AvgIpc) is 2.95. The van der Waals surface area contributed by atoms with Gasteiger partial charge in [-0.1, -0.05) is 25.1 Å². The Labute approximate surface area is 136 Å². The minimum atomic E-state index is 0.0478. The molecule has 1 aromatic carbocycles. The Hall–Kier alpha value is -2.08. The van der Waals surface area contributed by atoms with Crippen molar-refractivity contribution in [3.63, 3.8) is 0 Å². The summed E-state index contributed by atoms with van der Waals surface area (Å²) in [7, 11) is 1.66. The quantitative estimate of drug-likeness (QED) is 0.863. The molecule has 124 valence electrons. The van der Waals surface area contributed by atoms with Gasteiger partial charge in [0, 0.05) is 30.6 Å². The summed E-state index contributed by atoms with van der Waals surface area (Å²) in [5, 5.41) is 4.06. The summed E-state index contributed by atoms with van der Waals surface area (Å²) in [4.78, 5) is 6.81. The summed E-state index contributed by atoms with van der Waals surface area (Å²) in [6.07, 6.45) is 0. The molecule has 1 aromatic heterocycles. The predicted molar refractivity (Wildman–Crippen MR) is 85.7 cm³/mol. The molecule has 1 atom stereocenters. The van der Waals surface area contributed by atoms with E-state index in [4.69, 9.17) is 14.0 Å². The minimum absolute atomic E-state index is 0.0478. The van der Waals surface area contributed by atoms with E-state index in [2.05, 4.69) is 35.8 Å². The zero-order chi connectivity index (χ0) is 16.4. The summed E-state index contributed by atoms with van der Waals surface area (Å²) in [5.41, 5.74) is 1.14. The van der Waals surface area contributed by atoms with Gasteiger partial charge in [-0.15, -0.1) is 0 Å². The van der Waals surface area contributed by atoms with Crippen molar-refractivity contribution in [2.24, 2.45) is 0 Å². The van der Waals surface area contributed by atoms with Crippen molar-refractivity contribution in [1.29, 1.82) is 0 Å². The van der Waals surface area contributed by atoms with Crippen LogP contribution in [-0.2, 0) is 6.54 Å². The van der Waals surface area contributed by atoms with Gasteiger partial charge in [-0.05, 0) is 13.0 Å². The van der Waals surface area contributed by atoms with Gasteiger partial charge in [-0.3, -0.25) is 4.90 Å². The molecule has 6 heteroatoms. The lowest BCUT2D eigenvalue weighted by atomic mass is 10.1. The SMILES string of the molecule is COc1ccc2c(c1)OCCN(C(C)c1nc(C(C)C)no1)C2. The van der Waals surface area contributed by atoms with Crippen LogP contribution in [0.4, 0.5) is 0 Å². The molecule has 0 aliphatic carbocycles. The maximum absolute atomic E-state index is 5.86. The molecule has 0 fully saturated rings. The molecule has 0 amide bonds. The summed E-state index contributed by atoms with van der Waals surface area (Å²) in [6, 6.07) is 5.99. The molecule has 1 aliphatic rings.